The highest BCUT2D eigenvalue weighted by Crippen LogP contribution is 2.25. The number of nitrogens with zero attached hydrogens (tertiary/aromatic N) is 1. The number of nitrogen functional groups attached to an aromatic ring is 1. The van der Waals surface area contributed by atoms with Crippen LogP contribution >= 0.6 is 0 Å². The molecule has 3 N–H and O–H groups in total. The zero-order valence-electron chi connectivity index (χ0n) is 12.4. The lowest BCUT2D eigenvalue weighted by molar-refractivity contribution is -0.111. The number of benzene rings is 1. The molecule has 1 heterocycles. The Bertz CT molecular complexity index is 682. The predicted molar refractivity (Wildman–Crippen MR) is 85.9 cm³/mol. The summed E-state index contributed by atoms with van der Waals surface area (Å²) in [5, 5.41) is 2.64. The van der Waals surface area contributed by atoms with Crippen molar-refractivity contribution in [3.63, 3.8) is 0 Å². The van der Waals surface area contributed by atoms with E-state index in [4.69, 9.17) is 15.2 Å². The number of rotatable bonds is 5. The molecule has 0 unspecified atom stereocenters. The molecular formula is C16H17N3O3. The molecule has 0 saturated heterocycles. The highest BCUT2D eigenvalue weighted by molar-refractivity contribution is 6.01. The molecule has 6 heteroatoms. The molecular weight excluding hydrogens is 282 g/mol. The summed E-state index contributed by atoms with van der Waals surface area (Å²) in [6.07, 6.45) is 4.52. The molecule has 6 nitrogen and oxygen atoms in total. The highest BCUT2D eigenvalue weighted by Gasteiger charge is 2.03. The monoisotopic (exact) mass is 299 g/mol. The van der Waals surface area contributed by atoms with Crippen molar-refractivity contribution in [3.8, 4) is 11.5 Å². The number of ether oxygens (including phenoxy) is 2. The van der Waals surface area contributed by atoms with Gasteiger partial charge in [0.05, 0.1) is 26.1 Å². The molecule has 0 aliphatic heterocycles. The van der Waals surface area contributed by atoms with E-state index in [2.05, 4.69) is 10.3 Å². The molecule has 0 bridgehead atoms. The lowest BCUT2D eigenvalue weighted by atomic mass is 10.1. The van der Waals surface area contributed by atoms with Crippen LogP contribution in [0.1, 0.15) is 5.56 Å². The summed E-state index contributed by atoms with van der Waals surface area (Å²) in [4.78, 5) is 15.9. The Morgan fingerprint density at radius 3 is 2.68 bits per heavy atom. The number of nitrogens with one attached hydrogen (secondary N) is 1. The van der Waals surface area contributed by atoms with Gasteiger partial charge in [0.25, 0.3) is 0 Å². The number of aromatic nitrogens is 1. The van der Waals surface area contributed by atoms with Crippen LogP contribution in [-0.2, 0) is 4.79 Å². The Labute approximate surface area is 128 Å². The van der Waals surface area contributed by atoms with Gasteiger partial charge in [0.1, 0.15) is 17.3 Å². The van der Waals surface area contributed by atoms with Gasteiger partial charge < -0.3 is 20.5 Å². The van der Waals surface area contributed by atoms with Gasteiger partial charge in [0.15, 0.2) is 0 Å². The number of carbonyl (C=O) groups is 1. The van der Waals surface area contributed by atoms with Crippen LogP contribution in [0.25, 0.3) is 6.08 Å². The van der Waals surface area contributed by atoms with Gasteiger partial charge >= 0.3 is 0 Å². The van der Waals surface area contributed by atoms with Gasteiger partial charge in [0, 0.05) is 11.6 Å². The Kier molecular flexibility index (Phi) is 4.98. The van der Waals surface area contributed by atoms with Gasteiger partial charge in [-0.15, -0.1) is 0 Å². The van der Waals surface area contributed by atoms with Crippen molar-refractivity contribution in [2.24, 2.45) is 0 Å². The molecule has 0 atom stereocenters. The molecule has 1 aromatic carbocycles. The maximum absolute atomic E-state index is 11.9. The van der Waals surface area contributed by atoms with Gasteiger partial charge in [-0.3, -0.25) is 4.79 Å². The Hall–Kier alpha value is -3.02. The van der Waals surface area contributed by atoms with Crippen molar-refractivity contribution >= 4 is 23.5 Å². The van der Waals surface area contributed by atoms with Crippen LogP contribution in [0.15, 0.2) is 42.6 Å². The standard InChI is InChI=1S/C16H17N3O3/c1-21-13-5-6-14(22-2)11(9-13)3-8-16(20)19-15-7-4-12(17)10-18-15/h3-10H,17H2,1-2H3,(H,18,19,20)/b8-3+. The number of methoxy groups -OCH3 is 2. The molecule has 1 aromatic heterocycles. The minimum absolute atomic E-state index is 0.304. The molecule has 2 rings (SSSR count). The average molecular weight is 299 g/mol. The van der Waals surface area contributed by atoms with Gasteiger partial charge in [-0.25, -0.2) is 4.98 Å². The summed E-state index contributed by atoms with van der Waals surface area (Å²) >= 11 is 0. The maximum Gasteiger partial charge on any atom is 0.249 e. The maximum atomic E-state index is 11.9. The second kappa shape index (κ2) is 7.12. The van der Waals surface area contributed by atoms with Crippen molar-refractivity contribution in [1.29, 1.82) is 0 Å². The number of amides is 1. The van der Waals surface area contributed by atoms with E-state index in [9.17, 15) is 4.79 Å². The molecule has 0 saturated carbocycles. The minimum Gasteiger partial charge on any atom is -0.497 e. The normalized spacial score (nSPS) is 10.5. The van der Waals surface area contributed by atoms with Crippen LogP contribution in [0.3, 0.4) is 0 Å². The van der Waals surface area contributed by atoms with Crippen LogP contribution in [0, 0.1) is 0 Å². The Morgan fingerprint density at radius 2 is 2.05 bits per heavy atom. The van der Waals surface area contributed by atoms with Crippen molar-refractivity contribution in [2.45, 2.75) is 0 Å². The molecule has 0 fully saturated rings. The molecule has 114 valence electrons. The second-order valence-corrected chi connectivity index (χ2v) is 4.41. The van der Waals surface area contributed by atoms with Gasteiger partial charge in [0.2, 0.25) is 5.91 Å². The molecule has 0 radical (unpaired) electrons. The molecule has 0 aliphatic rings. The molecule has 0 aliphatic carbocycles. The summed E-state index contributed by atoms with van der Waals surface area (Å²) in [6, 6.07) is 8.64. The number of pyridine rings is 1. The van der Waals surface area contributed by atoms with E-state index in [0.29, 0.717) is 23.0 Å². The van der Waals surface area contributed by atoms with E-state index in [1.807, 2.05) is 0 Å². The van der Waals surface area contributed by atoms with Crippen LogP contribution in [0.5, 0.6) is 11.5 Å². The summed E-state index contributed by atoms with van der Waals surface area (Å²) < 4.78 is 10.4. The quantitative estimate of drug-likeness (QED) is 0.827. The predicted octanol–water partition coefficient (Wildman–Crippen LogP) is 2.33. The number of nitrogens with two attached hydrogens (primary N) is 1. The van der Waals surface area contributed by atoms with Crippen molar-refractivity contribution in [3.05, 3.63) is 48.2 Å². The first kappa shape index (κ1) is 15.4. The van der Waals surface area contributed by atoms with E-state index in [0.717, 1.165) is 5.56 Å². The fraction of sp³-hybridized carbons (Fsp3) is 0.125. The molecule has 22 heavy (non-hydrogen) atoms. The van der Waals surface area contributed by atoms with E-state index < -0.39 is 0 Å². The van der Waals surface area contributed by atoms with E-state index >= 15 is 0 Å². The third-order valence-corrected chi connectivity index (χ3v) is 2.89. The van der Waals surface area contributed by atoms with Crippen molar-refractivity contribution < 1.29 is 14.3 Å². The Balaban J connectivity index is 2.10. The van der Waals surface area contributed by atoms with E-state index in [1.165, 1.54) is 12.3 Å². The van der Waals surface area contributed by atoms with E-state index in [1.54, 1.807) is 50.6 Å². The lowest BCUT2D eigenvalue weighted by Gasteiger charge is -2.07. The average Bonchev–Trinajstić information content (AvgIpc) is 2.54. The summed E-state index contributed by atoms with van der Waals surface area (Å²) in [5.41, 5.74) is 6.81. The first-order valence-corrected chi connectivity index (χ1v) is 6.55. The summed E-state index contributed by atoms with van der Waals surface area (Å²) in [5.74, 6) is 1.46. The number of carbonyl (C=O) groups excluding carboxylic acids is 1. The fourth-order valence-corrected chi connectivity index (χ4v) is 1.78. The smallest absolute Gasteiger partial charge is 0.249 e. The third-order valence-electron chi connectivity index (χ3n) is 2.89. The number of hydrogen-bond donors (Lipinski definition) is 2. The van der Waals surface area contributed by atoms with Gasteiger partial charge in [-0.1, -0.05) is 0 Å². The topological polar surface area (TPSA) is 86.5 Å². The van der Waals surface area contributed by atoms with Crippen LogP contribution in [0.4, 0.5) is 11.5 Å². The van der Waals surface area contributed by atoms with Crippen LogP contribution in [-0.4, -0.2) is 25.1 Å². The van der Waals surface area contributed by atoms with Crippen LogP contribution in [0.2, 0.25) is 0 Å². The van der Waals surface area contributed by atoms with Crippen molar-refractivity contribution in [2.75, 3.05) is 25.3 Å². The number of hydrogen-bond acceptors (Lipinski definition) is 5. The zero-order chi connectivity index (χ0) is 15.9. The molecule has 1 amide bonds. The molecule has 0 spiro atoms. The minimum atomic E-state index is -0.304. The highest BCUT2D eigenvalue weighted by atomic mass is 16.5. The lowest BCUT2D eigenvalue weighted by Crippen LogP contribution is -2.09. The zero-order valence-corrected chi connectivity index (χ0v) is 12.4. The SMILES string of the molecule is COc1ccc(OC)c(/C=C/C(=O)Nc2ccc(N)cn2)c1. The third kappa shape index (κ3) is 3.99. The largest absolute Gasteiger partial charge is 0.497 e. The van der Waals surface area contributed by atoms with Gasteiger partial charge in [-0.05, 0) is 36.4 Å². The first-order chi connectivity index (χ1) is 10.6. The summed E-state index contributed by atoms with van der Waals surface area (Å²) in [6.45, 7) is 0. The van der Waals surface area contributed by atoms with Crippen molar-refractivity contribution in [1.82, 2.24) is 4.98 Å². The summed E-state index contributed by atoms with van der Waals surface area (Å²) in [7, 11) is 3.15. The van der Waals surface area contributed by atoms with E-state index in [-0.39, 0.29) is 5.91 Å². The Morgan fingerprint density at radius 1 is 1.23 bits per heavy atom. The molecule has 2 aromatic rings. The number of anilines is 2. The second-order valence-electron chi connectivity index (χ2n) is 4.41. The fourth-order valence-electron chi connectivity index (χ4n) is 1.78. The van der Waals surface area contributed by atoms with Crippen LogP contribution < -0.4 is 20.5 Å². The van der Waals surface area contributed by atoms with Gasteiger partial charge in [-0.2, -0.15) is 0 Å². The first-order valence-electron chi connectivity index (χ1n) is 6.55.